The lowest BCUT2D eigenvalue weighted by molar-refractivity contribution is -0.267. The van der Waals surface area contributed by atoms with Crippen molar-refractivity contribution in [2.45, 2.75) is 26.7 Å². The number of halogens is 1. The maximum Gasteiger partial charge on any atom is 0.174 e. The van der Waals surface area contributed by atoms with E-state index in [0.717, 1.165) is 36.1 Å². The van der Waals surface area contributed by atoms with Crippen LogP contribution in [-0.4, -0.2) is 18.1 Å². The van der Waals surface area contributed by atoms with Crippen LogP contribution in [0.1, 0.15) is 26.7 Å². The molecule has 122 valence electrons. The molecule has 0 bridgehead atoms. The molecule has 0 radical (unpaired) electrons. The third-order valence-electron chi connectivity index (χ3n) is 3.27. The monoisotopic (exact) mass is 375 g/mol. The van der Waals surface area contributed by atoms with Gasteiger partial charge in [0.25, 0.3) is 0 Å². The summed E-state index contributed by atoms with van der Waals surface area (Å²) >= 11 is 3.31. The van der Waals surface area contributed by atoms with E-state index in [1.54, 1.807) is 24.4 Å². The van der Waals surface area contributed by atoms with Crippen LogP contribution in [0.25, 0.3) is 0 Å². The smallest absolute Gasteiger partial charge is 0.174 e. The van der Waals surface area contributed by atoms with E-state index < -0.39 is 0 Å². The van der Waals surface area contributed by atoms with Crippen LogP contribution in [0, 0.1) is 0 Å². The molecule has 0 saturated heterocycles. The highest BCUT2D eigenvalue weighted by Gasteiger charge is 2.05. The second-order valence-electron chi connectivity index (χ2n) is 5.17. The van der Waals surface area contributed by atoms with E-state index in [9.17, 15) is 5.11 Å². The Morgan fingerprint density at radius 2 is 1.83 bits per heavy atom. The summed E-state index contributed by atoms with van der Waals surface area (Å²) in [5, 5.41) is 20.2. The van der Waals surface area contributed by atoms with Crippen LogP contribution < -0.4 is 10.0 Å². The molecular formula is C17H20BrN4O-. The number of nitrogens with zero attached hydrogens (tertiary/aromatic N) is 4. The van der Waals surface area contributed by atoms with E-state index in [1.165, 1.54) is 0 Å². The van der Waals surface area contributed by atoms with Gasteiger partial charge in [0.05, 0.1) is 5.69 Å². The van der Waals surface area contributed by atoms with Crippen LogP contribution in [0.5, 0.6) is 5.75 Å². The first kappa shape index (κ1) is 17.4. The van der Waals surface area contributed by atoms with Gasteiger partial charge in [0.1, 0.15) is 0 Å². The summed E-state index contributed by atoms with van der Waals surface area (Å²) in [6.45, 7) is 6.15. The number of hydrogen-bond donors (Lipinski definition) is 0. The van der Waals surface area contributed by atoms with Crippen molar-refractivity contribution >= 4 is 33.1 Å². The quantitative estimate of drug-likeness (QED) is 0.642. The van der Waals surface area contributed by atoms with Gasteiger partial charge in [0.15, 0.2) is 5.82 Å². The summed E-state index contributed by atoms with van der Waals surface area (Å²) in [4.78, 5) is 6.32. The molecule has 0 saturated carbocycles. The highest BCUT2D eigenvalue weighted by atomic mass is 79.9. The van der Waals surface area contributed by atoms with Crippen LogP contribution in [-0.2, 0) is 0 Å². The van der Waals surface area contributed by atoms with Crippen molar-refractivity contribution in [3.63, 3.8) is 0 Å². The van der Waals surface area contributed by atoms with Gasteiger partial charge >= 0.3 is 0 Å². The van der Waals surface area contributed by atoms with Gasteiger partial charge in [-0.15, -0.1) is 10.2 Å². The van der Waals surface area contributed by atoms with Crippen LogP contribution >= 0.6 is 15.9 Å². The SMILES string of the molecule is CCCN(CCC)c1ccc(N=Nc2ccc(Br)cn2)c([O-])c1. The van der Waals surface area contributed by atoms with Gasteiger partial charge in [0, 0.05) is 29.4 Å². The van der Waals surface area contributed by atoms with Crippen molar-refractivity contribution in [3.05, 3.63) is 41.0 Å². The molecule has 2 aromatic rings. The molecule has 1 heterocycles. The first-order valence-electron chi connectivity index (χ1n) is 7.73. The topological polar surface area (TPSA) is 63.9 Å². The van der Waals surface area contributed by atoms with E-state index in [4.69, 9.17) is 0 Å². The van der Waals surface area contributed by atoms with Gasteiger partial charge in [-0.3, -0.25) is 0 Å². The number of benzene rings is 1. The highest BCUT2D eigenvalue weighted by molar-refractivity contribution is 9.10. The van der Waals surface area contributed by atoms with Gasteiger partial charge in [0.2, 0.25) is 0 Å². The Hall–Kier alpha value is -1.95. The first-order valence-corrected chi connectivity index (χ1v) is 8.52. The molecule has 1 aromatic heterocycles. The van der Waals surface area contributed by atoms with E-state index >= 15 is 0 Å². The number of aromatic nitrogens is 1. The number of rotatable bonds is 7. The van der Waals surface area contributed by atoms with Crippen LogP contribution in [0.4, 0.5) is 17.2 Å². The summed E-state index contributed by atoms with van der Waals surface area (Å²) in [7, 11) is 0. The average molecular weight is 376 g/mol. The summed E-state index contributed by atoms with van der Waals surface area (Å²) in [6, 6.07) is 8.84. The lowest BCUT2D eigenvalue weighted by Crippen LogP contribution is -2.24. The van der Waals surface area contributed by atoms with E-state index in [2.05, 4.69) is 49.9 Å². The Labute approximate surface area is 145 Å². The third-order valence-corrected chi connectivity index (χ3v) is 3.74. The fourth-order valence-electron chi connectivity index (χ4n) is 2.22. The second-order valence-corrected chi connectivity index (χ2v) is 6.09. The van der Waals surface area contributed by atoms with Crippen molar-refractivity contribution in [2.24, 2.45) is 10.2 Å². The number of anilines is 1. The molecular weight excluding hydrogens is 356 g/mol. The summed E-state index contributed by atoms with van der Waals surface area (Å²) in [6.07, 6.45) is 3.73. The van der Waals surface area contributed by atoms with E-state index in [0.29, 0.717) is 11.5 Å². The van der Waals surface area contributed by atoms with Crippen molar-refractivity contribution in [2.75, 3.05) is 18.0 Å². The zero-order valence-electron chi connectivity index (χ0n) is 13.4. The van der Waals surface area contributed by atoms with Crippen molar-refractivity contribution in [1.82, 2.24) is 4.98 Å². The predicted octanol–water partition coefficient (Wildman–Crippen LogP) is 4.96. The maximum atomic E-state index is 12.2. The lowest BCUT2D eigenvalue weighted by Gasteiger charge is -2.25. The minimum atomic E-state index is -0.124. The maximum absolute atomic E-state index is 12.2. The van der Waals surface area contributed by atoms with Crippen LogP contribution in [0.15, 0.2) is 51.2 Å². The Morgan fingerprint density at radius 1 is 1.09 bits per heavy atom. The third kappa shape index (κ3) is 5.03. The molecule has 1 aromatic carbocycles. The fraction of sp³-hybridized carbons (Fsp3) is 0.353. The average Bonchev–Trinajstić information content (AvgIpc) is 2.55. The molecule has 23 heavy (non-hydrogen) atoms. The molecule has 0 atom stereocenters. The first-order chi connectivity index (χ1) is 11.1. The molecule has 0 fully saturated rings. The Kier molecular flexibility index (Phi) is 6.52. The van der Waals surface area contributed by atoms with Gasteiger partial charge < -0.3 is 10.0 Å². The Bertz CT molecular complexity index is 652. The fourth-order valence-corrected chi connectivity index (χ4v) is 2.46. The van der Waals surface area contributed by atoms with Gasteiger partial charge in [-0.05, 0) is 59.1 Å². The highest BCUT2D eigenvalue weighted by Crippen LogP contribution is 2.30. The largest absolute Gasteiger partial charge is 0.871 e. The summed E-state index contributed by atoms with van der Waals surface area (Å²) < 4.78 is 0.872. The Balaban J connectivity index is 2.16. The molecule has 0 unspecified atom stereocenters. The van der Waals surface area contributed by atoms with Crippen LogP contribution in [0.2, 0.25) is 0 Å². The Morgan fingerprint density at radius 3 is 2.39 bits per heavy atom. The molecule has 6 heteroatoms. The number of hydrogen-bond acceptors (Lipinski definition) is 5. The molecule has 0 spiro atoms. The molecule has 0 aliphatic rings. The minimum absolute atomic E-state index is 0.124. The minimum Gasteiger partial charge on any atom is -0.871 e. The summed E-state index contributed by atoms with van der Waals surface area (Å²) in [5.74, 6) is 0.343. The summed E-state index contributed by atoms with van der Waals surface area (Å²) in [5.41, 5.74) is 1.27. The van der Waals surface area contributed by atoms with E-state index in [-0.39, 0.29) is 5.75 Å². The lowest BCUT2D eigenvalue weighted by atomic mass is 10.2. The molecule has 5 nitrogen and oxygen atoms in total. The predicted molar refractivity (Wildman–Crippen MR) is 94.8 cm³/mol. The molecule has 0 N–H and O–H groups in total. The molecule has 0 amide bonds. The second kappa shape index (κ2) is 8.62. The van der Waals surface area contributed by atoms with Gasteiger partial charge in [-0.2, -0.15) is 0 Å². The zero-order valence-corrected chi connectivity index (χ0v) is 15.0. The molecule has 0 aliphatic carbocycles. The van der Waals surface area contributed by atoms with Gasteiger partial charge in [-0.1, -0.05) is 19.6 Å². The molecule has 2 rings (SSSR count). The standard InChI is InChI=1S/C17H21BrN4O/c1-3-9-22(10-4-2)14-6-7-15(16(23)11-14)20-21-17-8-5-13(18)12-19-17/h5-8,11-12,23H,3-4,9-10H2,1-2H3/p-1. The van der Waals surface area contributed by atoms with Crippen molar-refractivity contribution in [1.29, 1.82) is 0 Å². The van der Waals surface area contributed by atoms with Gasteiger partial charge in [-0.25, -0.2) is 4.98 Å². The van der Waals surface area contributed by atoms with Crippen molar-refractivity contribution < 1.29 is 5.11 Å². The van der Waals surface area contributed by atoms with Crippen LogP contribution in [0.3, 0.4) is 0 Å². The molecule has 0 aliphatic heterocycles. The van der Waals surface area contributed by atoms with E-state index in [1.807, 2.05) is 12.1 Å². The number of pyridine rings is 1. The number of azo groups is 1. The normalized spacial score (nSPS) is 11.1. The zero-order chi connectivity index (χ0) is 16.7. The van der Waals surface area contributed by atoms with Crippen molar-refractivity contribution in [3.8, 4) is 5.75 Å².